The van der Waals surface area contributed by atoms with Crippen molar-refractivity contribution in [2.75, 3.05) is 13.7 Å². The van der Waals surface area contributed by atoms with Gasteiger partial charge in [0, 0.05) is 6.08 Å². The monoisotopic (exact) mass is 347 g/mol. The summed E-state index contributed by atoms with van der Waals surface area (Å²) >= 11 is 0. The minimum absolute atomic E-state index is 0.0303. The Bertz CT molecular complexity index is 522. The normalized spacial score (nSPS) is 13.8. The molecule has 1 rings (SSSR count). The molecule has 0 saturated carbocycles. The molecule has 1 amide bonds. The van der Waals surface area contributed by atoms with Crippen LogP contribution in [-0.4, -0.2) is 30.8 Å². The number of carbonyl (C=O) groups excluding carboxylic acids is 1. The van der Waals surface area contributed by atoms with Crippen LogP contribution in [0.2, 0.25) is 0 Å². The zero-order chi connectivity index (χ0) is 18.7. The van der Waals surface area contributed by atoms with Crippen LogP contribution in [0.3, 0.4) is 0 Å². The van der Waals surface area contributed by atoms with Gasteiger partial charge in [0.2, 0.25) is 5.91 Å². The van der Waals surface area contributed by atoms with Crippen molar-refractivity contribution in [3.05, 3.63) is 35.9 Å². The van der Waals surface area contributed by atoms with Crippen LogP contribution in [0.25, 0.3) is 6.08 Å². The van der Waals surface area contributed by atoms with Gasteiger partial charge in [0.25, 0.3) is 0 Å². The fourth-order valence-electron chi connectivity index (χ4n) is 2.87. The van der Waals surface area contributed by atoms with Crippen LogP contribution < -0.4 is 10.1 Å². The Morgan fingerprint density at radius 3 is 2.48 bits per heavy atom. The van der Waals surface area contributed by atoms with Gasteiger partial charge in [0.15, 0.2) is 0 Å². The minimum atomic E-state index is -0.197. The number of ether oxygens (including phenoxy) is 1. The number of methoxy groups -OCH3 is 1. The van der Waals surface area contributed by atoms with Gasteiger partial charge in [-0.25, -0.2) is 0 Å². The van der Waals surface area contributed by atoms with E-state index in [9.17, 15) is 9.90 Å². The zero-order valence-corrected chi connectivity index (χ0v) is 16.0. The molecule has 0 spiro atoms. The van der Waals surface area contributed by atoms with Gasteiger partial charge in [-0.05, 0) is 42.0 Å². The van der Waals surface area contributed by atoms with Gasteiger partial charge in [-0.3, -0.25) is 4.79 Å². The third-order valence-electron chi connectivity index (χ3n) is 4.57. The first-order valence-corrected chi connectivity index (χ1v) is 9.23. The van der Waals surface area contributed by atoms with Crippen molar-refractivity contribution in [3.8, 4) is 5.75 Å². The molecule has 1 aromatic carbocycles. The summed E-state index contributed by atoms with van der Waals surface area (Å²) in [5, 5.41) is 12.5. The molecule has 0 saturated heterocycles. The Balaban J connectivity index is 2.57. The number of rotatable bonds is 11. The summed E-state index contributed by atoms with van der Waals surface area (Å²) in [5.41, 5.74) is 0.930. The molecule has 0 aliphatic carbocycles. The van der Waals surface area contributed by atoms with Crippen molar-refractivity contribution in [1.29, 1.82) is 0 Å². The predicted molar refractivity (Wildman–Crippen MR) is 104 cm³/mol. The summed E-state index contributed by atoms with van der Waals surface area (Å²) in [6, 6.07) is 7.30. The third-order valence-corrected chi connectivity index (χ3v) is 4.57. The predicted octanol–water partition coefficient (Wildman–Crippen LogP) is 4.04. The maximum Gasteiger partial charge on any atom is 0.244 e. The number of aliphatic hydroxyl groups excluding tert-OH is 1. The Hall–Kier alpha value is -1.81. The second-order valence-corrected chi connectivity index (χ2v) is 6.88. The fourth-order valence-corrected chi connectivity index (χ4v) is 2.87. The topological polar surface area (TPSA) is 58.6 Å². The van der Waals surface area contributed by atoms with Gasteiger partial charge >= 0.3 is 0 Å². The van der Waals surface area contributed by atoms with Crippen LogP contribution in [0.15, 0.2) is 30.3 Å². The highest BCUT2D eigenvalue weighted by atomic mass is 16.5. The Kier molecular flexibility index (Phi) is 9.93. The zero-order valence-electron chi connectivity index (χ0n) is 16.0. The molecule has 1 aromatic rings. The Morgan fingerprint density at radius 1 is 1.28 bits per heavy atom. The molecule has 25 heavy (non-hydrogen) atoms. The summed E-state index contributed by atoms with van der Waals surface area (Å²) in [7, 11) is 1.62. The summed E-state index contributed by atoms with van der Waals surface area (Å²) < 4.78 is 5.11. The molecule has 0 aliphatic heterocycles. The number of amides is 1. The van der Waals surface area contributed by atoms with Crippen molar-refractivity contribution in [2.45, 2.75) is 52.5 Å². The minimum Gasteiger partial charge on any atom is -0.497 e. The number of hydrogen-bond donors (Lipinski definition) is 2. The maximum absolute atomic E-state index is 12.1. The lowest BCUT2D eigenvalue weighted by molar-refractivity contribution is -0.117. The van der Waals surface area contributed by atoms with Crippen molar-refractivity contribution < 1.29 is 14.6 Å². The SMILES string of the molecule is CCCCC(C[C@H](CO)NC(=O)/C=C/c1ccc(OC)cc1)C(C)C. The molecule has 1 unspecified atom stereocenters. The maximum atomic E-state index is 12.1. The lowest BCUT2D eigenvalue weighted by Gasteiger charge is -2.25. The highest BCUT2D eigenvalue weighted by Crippen LogP contribution is 2.23. The van der Waals surface area contributed by atoms with Crippen LogP contribution in [0.1, 0.15) is 52.0 Å². The van der Waals surface area contributed by atoms with E-state index in [1.165, 1.54) is 18.9 Å². The van der Waals surface area contributed by atoms with E-state index >= 15 is 0 Å². The highest BCUT2D eigenvalue weighted by Gasteiger charge is 2.19. The number of nitrogens with one attached hydrogen (secondary N) is 1. The summed E-state index contributed by atoms with van der Waals surface area (Å²) in [6.07, 6.45) is 7.59. The smallest absolute Gasteiger partial charge is 0.244 e. The average molecular weight is 347 g/mol. The Labute approximate surface area is 152 Å². The van der Waals surface area contributed by atoms with Gasteiger partial charge < -0.3 is 15.2 Å². The van der Waals surface area contributed by atoms with Crippen LogP contribution in [-0.2, 0) is 4.79 Å². The van der Waals surface area contributed by atoms with E-state index in [-0.39, 0.29) is 18.6 Å². The van der Waals surface area contributed by atoms with E-state index in [4.69, 9.17) is 4.74 Å². The molecular formula is C21H33NO3. The number of aliphatic hydroxyl groups is 1. The summed E-state index contributed by atoms with van der Waals surface area (Å²) in [5.74, 6) is 1.68. The molecule has 2 atom stereocenters. The van der Waals surface area contributed by atoms with Gasteiger partial charge in [0.05, 0.1) is 19.8 Å². The molecule has 0 heterocycles. The van der Waals surface area contributed by atoms with Crippen molar-refractivity contribution in [2.24, 2.45) is 11.8 Å². The first kappa shape index (κ1) is 21.2. The van der Waals surface area contributed by atoms with Gasteiger partial charge in [-0.1, -0.05) is 52.2 Å². The molecule has 2 N–H and O–H groups in total. The average Bonchev–Trinajstić information content (AvgIpc) is 2.62. The molecule has 0 fully saturated rings. The lowest BCUT2D eigenvalue weighted by Crippen LogP contribution is -2.38. The van der Waals surface area contributed by atoms with E-state index in [1.54, 1.807) is 13.2 Å². The Morgan fingerprint density at radius 2 is 1.96 bits per heavy atom. The summed E-state index contributed by atoms with van der Waals surface area (Å²) in [4.78, 5) is 12.1. The van der Waals surface area contributed by atoms with Gasteiger partial charge in [-0.15, -0.1) is 0 Å². The molecule has 0 aromatic heterocycles. The quantitative estimate of drug-likeness (QED) is 0.594. The highest BCUT2D eigenvalue weighted by molar-refractivity contribution is 5.91. The van der Waals surface area contributed by atoms with Crippen LogP contribution in [0, 0.1) is 11.8 Å². The second kappa shape index (κ2) is 11.7. The molecule has 140 valence electrons. The van der Waals surface area contributed by atoms with E-state index in [1.807, 2.05) is 24.3 Å². The standard InChI is InChI=1S/C21H33NO3/c1-5-6-7-18(16(2)3)14-19(15-23)22-21(24)13-10-17-8-11-20(25-4)12-9-17/h8-13,16,18-19,23H,5-7,14-15H2,1-4H3,(H,22,24)/b13-10+/t18?,19-/m1/s1. The first-order chi connectivity index (χ1) is 12.0. The largest absolute Gasteiger partial charge is 0.497 e. The third kappa shape index (κ3) is 8.21. The first-order valence-electron chi connectivity index (χ1n) is 9.23. The van der Waals surface area contributed by atoms with Gasteiger partial charge in [0.1, 0.15) is 5.75 Å². The molecule has 4 heteroatoms. The van der Waals surface area contributed by atoms with E-state index in [2.05, 4.69) is 26.1 Å². The van der Waals surface area contributed by atoms with Crippen LogP contribution in [0.4, 0.5) is 0 Å². The molecule has 0 bridgehead atoms. The molecule has 0 radical (unpaired) electrons. The van der Waals surface area contributed by atoms with Crippen molar-refractivity contribution >= 4 is 12.0 Å². The molecule has 0 aliphatic rings. The summed E-state index contributed by atoms with van der Waals surface area (Å²) in [6.45, 7) is 6.57. The number of carbonyl (C=O) groups is 1. The number of unbranched alkanes of at least 4 members (excludes halogenated alkanes) is 1. The van der Waals surface area contributed by atoms with E-state index in [0.29, 0.717) is 11.8 Å². The van der Waals surface area contributed by atoms with E-state index < -0.39 is 0 Å². The fraction of sp³-hybridized carbons (Fsp3) is 0.571. The number of benzene rings is 1. The second-order valence-electron chi connectivity index (χ2n) is 6.88. The van der Waals surface area contributed by atoms with Gasteiger partial charge in [-0.2, -0.15) is 0 Å². The van der Waals surface area contributed by atoms with Crippen molar-refractivity contribution in [3.63, 3.8) is 0 Å². The molecular weight excluding hydrogens is 314 g/mol. The van der Waals surface area contributed by atoms with Crippen LogP contribution >= 0.6 is 0 Å². The van der Waals surface area contributed by atoms with E-state index in [0.717, 1.165) is 24.2 Å². The lowest BCUT2D eigenvalue weighted by atomic mass is 9.85. The number of hydrogen-bond acceptors (Lipinski definition) is 3. The van der Waals surface area contributed by atoms with Crippen LogP contribution in [0.5, 0.6) is 5.75 Å². The van der Waals surface area contributed by atoms with Crippen molar-refractivity contribution in [1.82, 2.24) is 5.32 Å². The molecule has 4 nitrogen and oxygen atoms in total.